The third kappa shape index (κ3) is 7.20. The molecular formula is C15H25N3O5S. The van der Waals surface area contributed by atoms with Gasteiger partial charge in [0.2, 0.25) is 0 Å². The number of nitro groups is 1. The van der Waals surface area contributed by atoms with Gasteiger partial charge >= 0.3 is 11.8 Å². The monoisotopic (exact) mass is 359 g/mol. The standard InChI is InChI=1S/C15H25N3O5S/c1-17-13(18(21)22)12-16-15(17)24(23)11-9-7-5-3-2-4-6-8-10-14(19)20/h12H,2-11H2,1H3,(H,19,20). The van der Waals surface area contributed by atoms with Gasteiger partial charge in [0.15, 0.2) is 0 Å². The van der Waals surface area contributed by atoms with E-state index in [0.717, 1.165) is 57.6 Å². The Balaban J connectivity index is 2.10. The summed E-state index contributed by atoms with van der Waals surface area (Å²) in [7, 11) is 0.188. The number of carboxylic acids is 1. The van der Waals surface area contributed by atoms with Crippen LogP contribution in [0, 0.1) is 10.1 Å². The lowest BCUT2D eigenvalue weighted by Crippen LogP contribution is -2.07. The minimum absolute atomic E-state index is 0.152. The average Bonchev–Trinajstić information content (AvgIpc) is 2.90. The van der Waals surface area contributed by atoms with Crippen molar-refractivity contribution in [3.05, 3.63) is 16.3 Å². The lowest BCUT2D eigenvalue weighted by Gasteiger charge is -2.02. The molecule has 0 saturated heterocycles. The highest BCUT2D eigenvalue weighted by Gasteiger charge is 2.20. The van der Waals surface area contributed by atoms with Crippen LogP contribution in [-0.4, -0.2) is 35.5 Å². The van der Waals surface area contributed by atoms with E-state index < -0.39 is 21.7 Å². The van der Waals surface area contributed by atoms with E-state index in [9.17, 15) is 19.1 Å². The smallest absolute Gasteiger partial charge is 0.343 e. The van der Waals surface area contributed by atoms with Gasteiger partial charge in [-0.05, 0) is 17.8 Å². The normalized spacial score (nSPS) is 12.2. The van der Waals surface area contributed by atoms with E-state index in [2.05, 4.69) is 4.98 Å². The zero-order valence-electron chi connectivity index (χ0n) is 14.0. The largest absolute Gasteiger partial charge is 0.481 e. The molecule has 8 nitrogen and oxygen atoms in total. The summed E-state index contributed by atoms with van der Waals surface area (Å²) in [5, 5.41) is 19.5. The fraction of sp³-hybridized carbons (Fsp3) is 0.733. The molecule has 1 atom stereocenters. The average molecular weight is 359 g/mol. The Hall–Kier alpha value is -1.77. The molecule has 1 aromatic rings. The molecule has 136 valence electrons. The number of carboxylic acid groups (broad SMARTS) is 1. The fourth-order valence-electron chi connectivity index (χ4n) is 2.43. The molecule has 0 spiro atoms. The maximum absolute atomic E-state index is 12.1. The predicted molar refractivity (Wildman–Crippen MR) is 90.3 cm³/mol. The lowest BCUT2D eigenvalue weighted by atomic mass is 10.1. The first kappa shape index (κ1) is 20.3. The van der Waals surface area contributed by atoms with Crippen LogP contribution < -0.4 is 0 Å². The second-order valence-electron chi connectivity index (χ2n) is 5.74. The number of imidazole rings is 1. The van der Waals surface area contributed by atoms with Crippen molar-refractivity contribution in [2.45, 2.75) is 62.9 Å². The number of rotatable bonds is 13. The molecule has 0 aliphatic rings. The van der Waals surface area contributed by atoms with Crippen LogP contribution in [-0.2, 0) is 22.6 Å². The van der Waals surface area contributed by atoms with Crippen LogP contribution >= 0.6 is 0 Å². The number of aliphatic carboxylic acids is 1. The van der Waals surface area contributed by atoms with Crippen molar-refractivity contribution < 1.29 is 19.0 Å². The van der Waals surface area contributed by atoms with Crippen molar-refractivity contribution >= 4 is 22.6 Å². The minimum atomic E-state index is -1.31. The highest BCUT2D eigenvalue weighted by molar-refractivity contribution is 7.84. The number of hydrogen-bond acceptors (Lipinski definition) is 5. The Morgan fingerprint density at radius 2 is 1.75 bits per heavy atom. The molecule has 1 aromatic heterocycles. The van der Waals surface area contributed by atoms with Crippen LogP contribution in [0.2, 0.25) is 0 Å². The van der Waals surface area contributed by atoms with Gasteiger partial charge in [0.25, 0.3) is 5.16 Å². The number of carbonyl (C=O) groups is 1. The molecule has 0 aliphatic heterocycles. The molecule has 0 fully saturated rings. The van der Waals surface area contributed by atoms with Gasteiger partial charge < -0.3 is 15.2 Å². The highest BCUT2D eigenvalue weighted by atomic mass is 32.2. The fourth-order valence-corrected chi connectivity index (χ4v) is 3.64. The van der Waals surface area contributed by atoms with Gasteiger partial charge in [-0.2, -0.15) is 0 Å². The third-order valence-corrected chi connectivity index (χ3v) is 5.23. The SMILES string of the molecule is Cn1c([N+](=O)[O-])cnc1S(=O)CCCCCCCCCCC(=O)O. The van der Waals surface area contributed by atoms with Crippen LogP contribution in [0.15, 0.2) is 11.4 Å². The van der Waals surface area contributed by atoms with Crippen molar-refractivity contribution in [2.75, 3.05) is 5.75 Å². The summed E-state index contributed by atoms with van der Waals surface area (Å²) < 4.78 is 13.4. The van der Waals surface area contributed by atoms with Crippen molar-refractivity contribution in [3.63, 3.8) is 0 Å². The summed E-state index contributed by atoms with van der Waals surface area (Å²) >= 11 is 0. The van der Waals surface area contributed by atoms with Crippen molar-refractivity contribution in [3.8, 4) is 0 Å². The number of hydrogen-bond donors (Lipinski definition) is 1. The van der Waals surface area contributed by atoms with Crippen LogP contribution in [0.25, 0.3) is 0 Å². The van der Waals surface area contributed by atoms with Crippen LogP contribution in [0.5, 0.6) is 0 Å². The summed E-state index contributed by atoms with van der Waals surface area (Å²) in [4.78, 5) is 24.4. The Labute approximate surface area is 143 Å². The molecular weight excluding hydrogens is 334 g/mol. The quantitative estimate of drug-likeness (QED) is 0.329. The van der Waals surface area contributed by atoms with E-state index in [4.69, 9.17) is 5.11 Å². The van der Waals surface area contributed by atoms with E-state index in [1.54, 1.807) is 0 Å². The summed E-state index contributed by atoms with van der Waals surface area (Å²) in [6, 6.07) is 0. The second kappa shape index (κ2) is 10.9. The van der Waals surface area contributed by atoms with Crippen LogP contribution in [0.1, 0.15) is 57.8 Å². The molecule has 1 heterocycles. The highest BCUT2D eigenvalue weighted by Crippen LogP contribution is 2.16. The Bertz CT molecular complexity index is 573. The van der Waals surface area contributed by atoms with Crippen molar-refractivity contribution in [1.29, 1.82) is 0 Å². The first-order valence-corrected chi connectivity index (χ1v) is 9.51. The first-order valence-electron chi connectivity index (χ1n) is 8.19. The molecule has 0 bridgehead atoms. The van der Waals surface area contributed by atoms with E-state index in [-0.39, 0.29) is 17.4 Å². The molecule has 1 rings (SSSR count). The molecule has 24 heavy (non-hydrogen) atoms. The van der Waals surface area contributed by atoms with E-state index in [0.29, 0.717) is 5.75 Å². The molecule has 0 aromatic carbocycles. The molecule has 0 radical (unpaired) electrons. The lowest BCUT2D eigenvalue weighted by molar-refractivity contribution is -0.392. The summed E-state index contributed by atoms with van der Waals surface area (Å²) in [5.74, 6) is -0.428. The Morgan fingerprint density at radius 3 is 2.25 bits per heavy atom. The zero-order chi connectivity index (χ0) is 17.9. The van der Waals surface area contributed by atoms with Gasteiger partial charge in [0.05, 0.1) is 7.05 Å². The van der Waals surface area contributed by atoms with Crippen molar-refractivity contribution in [2.24, 2.45) is 7.05 Å². The zero-order valence-corrected chi connectivity index (χ0v) is 14.8. The molecule has 1 unspecified atom stereocenters. The van der Waals surface area contributed by atoms with Crippen LogP contribution in [0.3, 0.4) is 0 Å². The molecule has 9 heteroatoms. The van der Waals surface area contributed by atoms with Gasteiger partial charge in [-0.1, -0.05) is 38.5 Å². The molecule has 0 amide bonds. The van der Waals surface area contributed by atoms with Gasteiger partial charge in [0.1, 0.15) is 17.0 Å². The maximum Gasteiger partial charge on any atom is 0.343 e. The first-order chi connectivity index (χ1) is 11.4. The Morgan fingerprint density at radius 1 is 1.21 bits per heavy atom. The molecule has 1 N–H and O–H groups in total. The van der Waals surface area contributed by atoms with Gasteiger partial charge in [-0.15, -0.1) is 0 Å². The number of unbranched alkanes of at least 4 members (excludes halogenated alkanes) is 7. The van der Waals surface area contributed by atoms with Crippen LogP contribution in [0.4, 0.5) is 5.82 Å². The number of nitrogens with zero attached hydrogens (tertiary/aromatic N) is 3. The summed E-state index contributed by atoms with van der Waals surface area (Å²) in [6.45, 7) is 0. The second-order valence-corrected chi connectivity index (χ2v) is 7.20. The predicted octanol–water partition coefficient (Wildman–Crippen LogP) is 3.03. The Kier molecular flexibility index (Phi) is 9.21. The minimum Gasteiger partial charge on any atom is -0.481 e. The van der Waals surface area contributed by atoms with Gasteiger partial charge in [-0.3, -0.25) is 4.79 Å². The summed E-state index contributed by atoms with van der Waals surface area (Å²) in [6.07, 6.45) is 9.13. The van der Waals surface area contributed by atoms with E-state index in [1.807, 2.05) is 0 Å². The topological polar surface area (TPSA) is 115 Å². The third-order valence-electron chi connectivity index (χ3n) is 3.78. The molecule has 0 aliphatic carbocycles. The van der Waals surface area contributed by atoms with Gasteiger partial charge in [-0.25, -0.2) is 13.8 Å². The maximum atomic E-state index is 12.1. The van der Waals surface area contributed by atoms with E-state index in [1.165, 1.54) is 11.6 Å². The molecule has 0 saturated carbocycles. The van der Waals surface area contributed by atoms with E-state index >= 15 is 0 Å². The summed E-state index contributed by atoms with van der Waals surface area (Å²) in [5.41, 5.74) is 0. The van der Waals surface area contributed by atoms with Gasteiger partial charge in [0, 0.05) is 12.2 Å². The van der Waals surface area contributed by atoms with Crippen molar-refractivity contribution in [1.82, 2.24) is 9.55 Å². The number of aromatic nitrogens is 2.